The highest BCUT2D eigenvalue weighted by Crippen LogP contribution is 2.45. The fourth-order valence-electron chi connectivity index (χ4n) is 11.5. The van der Waals surface area contributed by atoms with E-state index in [1.165, 1.54) is 218 Å². The Labute approximate surface area is 575 Å². The Bertz CT molecular complexity index is 1810. The van der Waals surface area contributed by atoms with Crippen molar-refractivity contribution < 1.29 is 80.2 Å². The maximum Gasteiger partial charge on any atom is 0.472 e. The van der Waals surface area contributed by atoms with Crippen LogP contribution in [0.5, 0.6) is 0 Å². The van der Waals surface area contributed by atoms with E-state index in [1.807, 2.05) is 0 Å². The molecule has 0 rings (SSSR count). The molecule has 0 saturated carbocycles. The van der Waals surface area contributed by atoms with Gasteiger partial charge < -0.3 is 33.8 Å². The normalized spacial score (nSPS) is 14.0. The van der Waals surface area contributed by atoms with Gasteiger partial charge in [0.1, 0.15) is 19.3 Å². The molecular weight excluding hydrogens is 1230 g/mol. The van der Waals surface area contributed by atoms with E-state index >= 15 is 0 Å². The van der Waals surface area contributed by atoms with E-state index in [9.17, 15) is 43.2 Å². The number of phosphoric acid groups is 2. The Balaban J connectivity index is 5.22. The molecule has 3 N–H and O–H groups in total. The third-order valence-corrected chi connectivity index (χ3v) is 19.4. The Morgan fingerprint density at radius 1 is 0.287 bits per heavy atom. The second-order valence-corrected chi connectivity index (χ2v) is 30.4. The zero-order chi connectivity index (χ0) is 69.1. The highest BCUT2D eigenvalue weighted by atomic mass is 31.2. The van der Waals surface area contributed by atoms with E-state index in [-0.39, 0.29) is 25.7 Å². The first-order chi connectivity index (χ1) is 45.5. The van der Waals surface area contributed by atoms with Crippen LogP contribution in [0.15, 0.2) is 0 Å². The Morgan fingerprint density at radius 3 is 0.723 bits per heavy atom. The van der Waals surface area contributed by atoms with Crippen molar-refractivity contribution >= 4 is 39.5 Å². The zero-order valence-electron chi connectivity index (χ0n) is 61.1. The molecule has 19 heteroatoms. The minimum Gasteiger partial charge on any atom is -0.462 e. The van der Waals surface area contributed by atoms with Gasteiger partial charge in [-0.15, -0.1) is 0 Å². The summed E-state index contributed by atoms with van der Waals surface area (Å²) < 4.78 is 68.5. The summed E-state index contributed by atoms with van der Waals surface area (Å²) >= 11 is 0. The van der Waals surface area contributed by atoms with Gasteiger partial charge in [0, 0.05) is 25.7 Å². The van der Waals surface area contributed by atoms with Crippen molar-refractivity contribution in [3.05, 3.63) is 0 Å². The molecule has 2 unspecified atom stereocenters. The van der Waals surface area contributed by atoms with E-state index in [2.05, 4.69) is 34.6 Å². The third-order valence-electron chi connectivity index (χ3n) is 17.5. The largest absolute Gasteiger partial charge is 0.472 e. The van der Waals surface area contributed by atoms with Gasteiger partial charge in [0.15, 0.2) is 12.2 Å². The standard InChI is InChI=1S/C75H146O17P2/c1-6-9-12-15-18-21-24-25-31-35-39-44-49-54-59-73(78)86-65-71(92-75(80)61-56-51-46-41-36-32-29-27-26-28-30-34-37-42-47-52-57-68(4)5)67-90-94(83,84)88-63-69(76)62-87-93(81,82)89-66-70(64-85-72(77)58-53-48-43-38-23-20-17-14-11-8-3)91-74(79)60-55-50-45-40-33-22-19-16-13-10-7-2/h68-71,76H,6-67H2,1-5H3,(H,81,82)(H,83,84)/t69-,70+,71+/m0/s1. The van der Waals surface area contributed by atoms with Crippen molar-refractivity contribution in [1.29, 1.82) is 0 Å². The lowest BCUT2D eigenvalue weighted by Crippen LogP contribution is -2.30. The van der Waals surface area contributed by atoms with Crippen LogP contribution in [0.25, 0.3) is 0 Å². The monoisotopic (exact) mass is 1380 g/mol. The number of ether oxygens (including phenoxy) is 4. The van der Waals surface area contributed by atoms with E-state index in [0.717, 1.165) is 95.8 Å². The van der Waals surface area contributed by atoms with Crippen molar-refractivity contribution in [2.24, 2.45) is 5.92 Å². The second-order valence-electron chi connectivity index (χ2n) is 27.5. The van der Waals surface area contributed by atoms with Crippen LogP contribution in [0.4, 0.5) is 0 Å². The fraction of sp³-hybridized carbons (Fsp3) is 0.947. The summed E-state index contributed by atoms with van der Waals surface area (Å²) in [5.41, 5.74) is 0. The Hall–Kier alpha value is -1.94. The average molecular weight is 1380 g/mol. The minimum atomic E-state index is -4.96. The van der Waals surface area contributed by atoms with Gasteiger partial charge in [0.05, 0.1) is 26.4 Å². The Kier molecular flexibility index (Phi) is 66.8. The molecule has 0 spiro atoms. The number of rotatable bonds is 75. The predicted octanol–water partition coefficient (Wildman–Crippen LogP) is 22.1. The first-order valence-electron chi connectivity index (χ1n) is 39.1. The number of phosphoric ester groups is 2. The molecule has 0 heterocycles. The van der Waals surface area contributed by atoms with Crippen molar-refractivity contribution in [2.75, 3.05) is 39.6 Å². The van der Waals surface area contributed by atoms with Crippen LogP contribution in [-0.2, 0) is 65.4 Å². The van der Waals surface area contributed by atoms with Gasteiger partial charge >= 0.3 is 39.5 Å². The van der Waals surface area contributed by atoms with Gasteiger partial charge in [-0.2, -0.15) is 0 Å². The molecule has 0 amide bonds. The van der Waals surface area contributed by atoms with Crippen molar-refractivity contribution in [3.63, 3.8) is 0 Å². The smallest absolute Gasteiger partial charge is 0.462 e. The average Bonchev–Trinajstić information content (AvgIpc) is 3.46. The summed E-state index contributed by atoms with van der Waals surface area (Å²) in [7, 11) is -9.90. The van der Waals surface area contributed by atoms with Crippen molar-refractivity contribution in [1.82, 2.24) is 0 Å². The highest BCUT2D eigenvalue weighted by Gasteiger charge is 2.30. The molecule has 0 saturated heterocycles. The molecule has 0 bridgehead atoms. The molecule has 0 radical (unpaired) electrons. The molecule has 5 atom stereocenters. The van der Waals surface area contributed by atoms with E-state index in [0.29, 0.717) is 25.7 Å². The van der Waals surface area contributed by atoms with Crippen LogP contribution in [0, 0.1) is 5.92 Å². The molecule has 0 aliphatic rings. The summed E-state index contributed by atoms with van der Waals surface area (Å²) in [6.45, 7) is 7.31. The Morgan fingerprint density at radius 2 is 0.489 bits per heavy atom. The molecule has 558 valence electrons. The first kappa shape index (κ1) is 92.1. The van der Waals surface area contributed by atoms with Crippen LogP contribution in [0.2, 0.25) is 0 Å². The van der Waals surface area contributed by atoms with Gasteiger partial charge in [-0.1, -0.05) is 343 Å². The van der Waals surface area contributed by atoms with Crippen LogP contribution >= 0.6 is 15.6 Å². The van der Waals surface area contributed by atoms with Crippen molar-refractivity contribution in [2.45, 2.75) is 412 Å². The number of unbranched alkanes of at least 4 members (excludes halogenated alkanes) is 47. The van der Waals surface area contributed by atoms with Gasteiger partial charge in [-0.05, 0) is 31.6 Å². The maximum absolute atomic E-state index is 13.1. The topological polar surface area (TPSA) is 237 Å². The van der Waals surface area contributed by atoms with Gasteiger partial charge in [0.25, 0.3) is 0 Å². The summed E-state index contributed by atoms with van der Waals surface area (Å²) in [5, 5.41) is 10.6. The second kappa shape index (κ2) is 68.2. The summed E-state index contributed by atoms with van der Waals surface area (Å²) in [4.78, 5) is 72.7. The van der Waals surface area contributed by atoms with Crippen LogP contribution in [-0.4, -0.2) is 96.7 Å². The van der Waals surface area contributed by atoms with Gasteiger partial charge in [0.2, 0.25) is 0 Å². The number of esters is 4. The molecule has 0 aromatic carbocycles. The highest BCUT2D eigenvalue weighted by molar-refractivity contribution is 7.47. The maximum atomic E-state index is 13.1. The molecule has 0 aliphatic carbocycles. The lowest BCUT2D eigenvalue weighted by atomic mass is 10.0. The van der Waals surface area contributed by atoms with E-state index in [4.69, 9.17) is 37.0 Å². The lowest BCUT2D eigenvalue weighted by molar-refractivity contribution is -0.161. The SMILES string of the molecule is CCCCCCCCCCCCCCCCC(=O)OC[C@H](COP(=O)(O)OC[C@@H](O)COP(=O)(O)OC[C@@H](COC(=O)CCCCCCCCCCCC)OC(=O)CCCCCCCCCCCCC)OC(=O)CCCCCCCCCCCCCCCCCCC(C)C. The van der Waals surface area contributed by atoms with Crippen LogP contribution in [0.3, 0.4) is 0 Å². The third kappa shape index (κ3) is 68.6. The first-order valence-corrected chi connectivity index (χ1v) is 42.1. The van der Waals surface area contributed by atoms with E-state index < -0.39 is 97.5 Å². The predicted molar refractivity (Wildman–Crippen MR) is 382 cm³/mol. The number of hydrogen-bond donors (Lipinski definition) is 3. The van der Waals surface area contributed by atoms with Crippen molar-refractivity contribution in [3.8, 4) is 0 Å². The molecule has 0 aromatic rings. The zero-order valence-corrected chi connectivity index (χ0v) is 62.9. The number of aliphatic hydroxyl groups excluding tert-OH is 1. The number of carbonyl (C=O) groups is 4. The number of carbonyl (C=O) groups excluding carboxylic acids is 4. The molecular formula is C75H146O17P2. The van der Waals surface area contributed by atoms with Crippen LogP contribution < -0.4 is 0 Å². The summed E-state index contributed by atoms with van der Waals surface area (Å²) in [6.07, 6.45) is 56.7. The molecule has 17 nitrogen and oxygen atoms in total. The van der Waals surface area contributed by atoms with E-state index in [1.54, 1.807) is 0 Å². The molecule has 94 heavy (non-hydrogen) atoms. The molecule has 0 aromatic heterocycles. The molecule has 0 fully saturated rings. The quantitative estimate of drug-likeness (QED) is 0.0222. The number of aliphatic hydroxyl groups is 1. The summed E-state index contributed by atoms with van der Waals surface area (Å²) in [5.74, 6) is -1.30. The molecule has 0 aliphatic heterocycles. The van der Waals surface area contributed by atoms with Gasteiger partial charge in [-0.25, -0.2) is 9.13 Å². The van der Waals surface area contributed by atoms with Crippen LogP contribution in [0.1, 0.15) is 394 Å². The number of hydrogen-bond acceptors (Lipinski definition) is 15. The summed E-state index contributed by atoms with van der Waals surface area (Å²) in [6, 6.07) is 0. The lowest BCUT2D eigenvalue weighted by Gasteiger charge is -2.21. The fourth-order valence-corrected chi connectivity index (χ4v) is 13.1. The van der Waals surface area contributed by atoms with Gasteiger partial charge in [-0.3, -0.25) is 37.3 Å². The minimum absolute atomic E-state index is 0.107.